The molecule has 3 heterocycles. The van der Waals surface area contributed by atoms with Gasteiger partial charge in [-0.3, -0.25) is 4.90 Å². The second-order valence-electron chi connectivity index (χ2n) is 7.13. The highest BCUT2D eigenvalue weighted by Gasteiger charge is 2.41. The first-order valence-corrected chi connectivity index (χ1v) is 7.88. The van der Waals surface area contributed by atoms with Crippen LogP contribution >= 0.6 is 0 Å². The minimum Gasteiger partial charge on any atom is -0.443 e. The third-order valence-electron chi connectivity index (χ3n) is 4.54. The number of piperidine rings is 1. The van der Waals surface area contributed by atoms with Crippen molar-refractivity contribution in [1.29, 1.82) is 0 Å². The van der Waals surface area contributed by atoms with Crippen molar-refractivity contribution in [2.24, 2.45) is 0 Å². The molecule has 21 heavy (non-hydrogen) atoms. The van der Waals surface area contributed by atoms with E-state index in [2.05, 4.69) is 37.6 Å². The van der Waals surface area contributed by atoms with E-state index in [0.29, 0.717) is 0 Å². The van der Waals surface area contributed by atoms with E-state index in [4.69, 9.17) is 13.9 Å². The van der Waals surface area contributed by atoms with Gasteiger partial charge in [0.15, 0.2) is 5.79 Å². The monoisotopic (exact) mass is 294 g/mol. The van der Waals surface area contributed by atoms with Crippen LogP contribution in [0.15, 0.2) is 10.6 Å². The highest BCUT2D eigenvalue weighted by atomic mass is 16.7. The molecule has 0 N–H and O–H groups in total. The third-order valence-corrected chi connectivity index (χ3v) is 4.54. The van der Waals surface area contributed by atoms with Crippen LogP contribution in [0.3, 0.4) is 0 Å². The number of oxazole rings is 1. The lowest BCUT2D eigenvalue weighted by atomic mass is 9.94. The van der Waals surface area contributed by atoms with Gasteiger partial charge in [-0.15, -0.1) is 0 Å². The van der Waals surface area contributed by atoms with E-state index >= 15 is 0 Å². The van der Waals surface area contributed by atoms with Crippen LogP contribution in [0.2, 0.25) is 0 Å². The summed E-state index contributed by atoms with van der Waals surface area (Å²) in [7, 11) is 0. The molecule has 1 atom stereocenters. The maximum absolute atomic E-state index is 5.96. The van der Waals surface area contributed by atoms with Crippen LogP contribution in [0.4, 0.5) is 0 Å². The van der Waals surface area contributed by atoms with Crippen molar-refractivity contribution in [3.05, 3.63) is 17.8 Å². The van der Waals surface area contributed by atoms with Gasteiger partial charge in [0.05, 0.1) is 25.5 Å². The fraction of sp³-hybridized carbons (Fsp3) is 0.812. The SMILES string of the molecule is C[C@H](c1ncc(C(C)(C)C)o1)N1CCC2(CC1)OCCO2. The van der Waals surface area contributed by atoms with E-state index < -0.39 is 0 Å². The first kappa shape index (κ1) is 15.0. The predicted molar refractivity (Wildman–Crippen MR) is 79.1 cm³/mol. The molecule has 3 rings (SSSR count). The van der Waals surface area contributed by atoms with E-state index in [-0.39, 0.29) is 17.2 Å². The lowest BCUT2D eigenvalue weighted by Crippen LogP contribution is -2.45. The fourth-order valence-electron chi connectivity index (χ4n) is 3.02. The zero-order valence-electron chi connectivity index (χ0n) is 13.5. The quantitative estimate of drug-likeness (QED) is 0.839. The summed E-state index contributed by atoms with van der Waals surface area (Å²) < 4.78 is 17.5. The van der Waals surface area contributed by atoms with Gasteiger partial charge in [0.25, 0.3) is 0 Å². The Kier molecular flexibility index (Phi) is 3.84. The fourth-order valence-corrected chi connectivity index (χ4v) is 3.02. The smallest absolute Gasteiger partial charge is 0.211 e. The molecule has 118 valence electrons. The summed E-state index contributed by atoms with van der Waals surface area (Å²) in [6.45, 7) is 11.9. The Hall–Kier alpha value is -0.910. The topological polar surface area (TPSA) is 47.7 Å². The highest BCUT2D eigenvalue weighted by molar-refractivity contribution is 5.07. The van der Waals surface area contributed by atoms with Gasteiger partial charge < -0.3 is 13.9 Å². The minimum atomic E-state index is -0.316. The second kappa shape index (κ2) is 5.38. The van der Waals surface area contributed by atoms with Crippen LogP contribution in [-0.2, 0) is 14.9 Å². The van der Waals surface area contributed by atoms with Gasteiger partial charge in [0.1, 0.15) is 5.76 Å². The molecule has 0 aliphatic carbocycles. The predicted octanol–water partition coefficient (Wildman–Crippen LogP) is 2.87. The molecule has 0 aromatic carbocycles. The van der Waals surface area contributed by atoms with Crippen molar-refractivity contribution >= 4 is 0 Å². The molecule has 1 aromatic heterocycles. The summed E-state index contributed by atoms with van der Waals surface area (Å²) in [5.41, 5.74) is 0.00243. The number of nitrogens with zero attached hydrogens (tertiary/aromatic N) is 2. The molecule has 0 amide bonds. The Morgan fingerprint density at radius 1 is 1.19 bits per heavy atom. The Bertz CT molecular complexity index is 476. The normalized spacial score (nSPS) is 24.6. The van der Waals surface area contributed by atoms with Crippen LogP contribution < -0.4 is 0 Å². The zero-order chi connectivity index (χ0) is 15.1. The number of likely N-dealkylation sites (tertiary alicyclic amines) is 1. The lowest BCUT2D eigenvalue weighted by molar-refractivity contribution is -0.188. The summed E-state index contributed by atoms with van der Waals surface area (Å²) in [6.07, 6.45) is 3.70. The Labute approximate surface area is 126 Å². The molecule has 0 saturated carbocycles. The molecule has 1 spiro atoms. The molecule has 0 radical (unpaired) electrons. The van der Waals surface area contributed by atoms with Gasteiger partial charge in [-0.2, -0.15) is 0 Å². The molecule has 2 saturated heterocycles. The van der Waals surface area contributed by atoms with Gasteiger partial charge >= 0.3 is 0 Å². The van der Waals surface area contributed by atoms with Crippen molar-refractivity contribution in [3.8, 4) is 0 Å². The van der Waals surface area contributed by atoms with Crippen LogP contribution in [0.5, 0.6) is 0 Å². The zero-order valence-corrected chi connectivity index (χ0v) is 13.5. The number of aromatic nitrogens is 1. The van der Waals surface area contributed by atoms with E-state index in [1.165, 1.54) is 0 Å². The van der Waals surface area contributed by atoms with Crippen molar-refractivity contribution in [3.63, 3.8) is 0 Å². The van der Waals surface area contributed by atoms with E-state index in [0.717, 1.165) is 50.8 Å². The third kappa shape index (κ3) is 3.00. The van der Waals surface area contributed by atoms with Crippen LogP contribution in [0.1, 0.15) is 58.2 Å². The molecular weight excluding hydrogens is 268 g/mol. The Balaban J connectivity index is 1.63. The van der Waals surface area contributed by atoms with Crippen LogP contribution in [0, 0.1) is 0 Å². The van der Waals surface area contributed by atoms with E-state index in [1.54, 1.807) is 0 Å². The molecule has 2 fully saturated rings. The number of hydrogen-bond donors (Lipinski definition) is 0. The molecule has 2 aliphatic heterocycles. The lowest BCUT2D eigenvalue weighted by Gasteiger charge is -2.39. The van der Waals surface area contributed by atoms with Gasteiger partial charge in [-0.05, 0) is 6.92 Å². The molecule has 5 heteroatoms. The Morgan fingerprint density at radius 3 is 2.33 bits per heavy atom. The van der Waals surface area contributed by atoms with Gasteiger partial charge in [0, 0.05) is 31.3 Å². The first-order chi connectivity index (χ1) is 9.90. The number of hydrogen-bond acceptors (Lipinski definition) is 5. The Morgan fingerprint density at radius 2 is 1.81 bits per heavy atom. The summed E-state index contributed by atoms with van der Waals surface area (Å²) in [6, 6.07) is 0.194. The van der Waals surface area contributed by atoms with Gasteiger partial charge in [0.2, 0.25) is 5.89 Å². The van der Waals surface area contributed by atoms with Crippen molar-refractivity contribution in [2.45, 2.75) is 57.8 Å². The highest BCUT2D eigenvalue weighted by Crippen LogP contribution is 2.35. The first-order valence-electron chi connectivity index (χ1n) is 7.88. The molecule has 2 aliphatic rings. The average molecular weight is 294 g/mol. The number of ether oxygens (including phenoxy) is 2. The van der Waals surface area contributed by atoms with Crippen molar-refractivity contribution in [2.75, 3.05) is 26.3 Å². The average Bonchev–Trinajstić information content (AvgIpc) is 3.08. The van der Waals surface area contributed by atoms with Crippen molar-refractivity contribution in [1.82, 2.24) is 9.88 Å². The van der Waals surface area contributed by atoms with Crippen molar-refractivity contribution < 1.29 is 13.9 Å². The van der Waals surface area contributed by atoms with E-state index in [9.17, 15) is 0 Å². The summed E-state index contributed by atoms with van der Waals surface area (Å²) in [5, 5.41) is 0. The summed E-state index contributed by atoms with van der Waals surface area (Å²) >= 11 is 0. The molecule has 1 aromatic rings. The second-order valence-corrected chi connectivity index (χ2v) is 7.13. The summed E-state index contributed by atoms with van der Waals surface area (Å²) in [5.74, 6) is 1.44. The summed E-state index contributed by atoms with van der Waals surface area (Å²) in [4.78, 5) is 6.87. The molecule has 0 bridgehead atoms. The molecular formula is C16H26N2O3. The maximum atomic E-state index is 5.96. The number of rotatable bonds is 2. The van der Waals surface area contributed by atoms with Gasteiger partial charge in [-0.25, -0.2) is 4.98 Å². The van der Waals surface area contributed by atoms with Crippen LogP contribution in [0.25, 0.3) is 0 Å². The largest absolute Gasteiger partial charge is 0.443 e. The van der Waals surface area contributed by atoms with Crippen LogP contribution in [-0.4, -0.2) is 42.0 Å². The minimum absolute atomic E-state index is 0.00243. The van der Waals surface area contributed by atoms with E-state index in [1.807, 2.05) is 6.20 Å². The molecule has 0 unspecified atom stereocenters. The maximum Gasteiger partial charge on any atom is 0.211 e. The molecule has 5 nitrogen and oxygen atoms in total. The standard InChI is InChI=1S/C16H26N2O3/c1-12(14-17-11-13(21-14)15(2,3)4)18-7-5-16(6-8-18)19-9-10-20-16/h11-12H,5-10H2,1-4H3/t12-/m1/s1. The van der Waals surface area contributed by atoms with Gasteiger partial charge in [-0.1, -0.05) is 20.8 Å².